The molecule has 1 rings (SSSR count). The highest BCUT2D eigenvalue weighted by Gasteiger charge is 2.16. The lowest BCUT2D eigenvalue weighted by Gasteiger charge is -2.16. The van der Waals surface area contributed by atoms with E-state index in [0.29, 0.717) is 11.1 Å². The van der Waals surface area contributed by atoms with E-state index >= 15 is 0 Å². The maximum Gasteiger partial charge on any atom is 0.305 e. The molecule has 1 aromatic carbocycles. The Hall–Kier alpha value is -1.42. The van der Waals surface area contributed by atoms with Crippen LogP contribution >= 0.6 is 0 Å². The van der Waals surface area contributed by atoms with E-state index in [-0.39, 0.29) is 18.2 Å². The minimum absolute atomic E-state index is 0.191. The molecular weight excluding hydrogens is 233 g/mol. The number of rotatable bonds is 6. The van der Waals surface area contributed by atoms with E-state index in [1.54, 1.807) is 12.1 Å². The van der Waals surface area contributed by atoms with E-state index in [2.05, 4.69) is 0 Å². The number of hydrogen-bond donors (Lipinski definition) is 2. The topological polar surface area (TPSA) is 63.3 Å². The van der Waals surface area contributed by atoms with Crippen molar-refractivity contribution in [3.05, 3.63) is 35.1 Å². The van der Waals surface area contributed by atoms with Crippen molar-refractivity contribution >= 4 is 5.97 Å². The zero-order valence-corrected chi connectivity index (χ0v) is 10.8. The second-order valence-corrected chi connectivity index (χ2v) is 4.50. The normalized spacial score (nSPS) is 12.7. The lowest BCUT2D eigenvalue weighted by molar-refractivity contribution is -0.137. The standard InChI is InChI=1S/C14H20FNO2/c1-3-9(4-2)11-6-5-10(7-12(11)15)13(16)8-14(17)18/h5-7,9,13H,3-4,8,16H2,1-2H3,(H,17,18). The fraction of sp³-hybridized carbons (Fsp3) is 0.500. The molecule has 0 heterocycles. The molecule has 1 aromatic rings. The van der Waals surface area contributed by atoms with Crippen LogP contribution < -0.4 is 5.73 Å². The third-order valence-electron chi connectivity index (χ3n) is 3.27. The van der Waals surface area contributed by atoms with Crippen molar-refractivity contribution in [1.29, 1.82) is 0 Å². The highest BCUT2D eigenvalue weighted by atomic mass is 19.1. The fourth-order valence-electron chi connectivity index (χ4n) is 2.14. The lowest BCUT2D eigenvalue weighted by Crippen LogP contribution is -2.15. The maximum atomic E-state index is 14.0. The summed E-state index contributed by atoms with van der Waals surface area (Å²) in [5, 5.41) is 8.66. The van der Waals surface area contributed by atoms with Gasteiger partial charge < -0.3 is 10.8 Å². The molecule has 0 spiro atoms. The number of halogens is 1. The summed E-state index contributed by atoms with van der Waals surface area (Å²) in [6.07, 6.45) is 1.58. The molecule has 3 N–H and O–H groups in total. The molecule has 0 aliphatic carbocycles. The summed E-state index contributed by atoms with van der Waals surface area (Å²) in [6.45, 7) is 4.05. The van der Waals surface area contributed by atoms with Crippen LogP contribution in [0, 0.1) is 5.82 Å². The molecule has 0 saturated heterocycles. The van der Waals surface area contributed by atoms with Gasteiger partial charge >= 0.3 is 5.97 Å². The van der Waals surface area contributed by atoms with Gasteiger partial charge in [0.15, 0.2) is 0 Å². The Morgan fingerprint density at radius 1 is 1.39 bits per heavy atom. The number of aliphatic carboxylic acids is 1. The van der Waals surface area contributed by atoms with Gasteiger partial charge in [0, 0.05) is 6.04 Å². The number of carbonyl (C=O) groups is 1. The maximum absolute atomic E-state index is 14.0. The molecule has 1 unspecified atom stereocenters. The SMILES string of the molecule is CCC(CC)c1ccc(C(N)CC(=O)O)cc1F. The predicted molar refractivity (Wildman–Crippen MR) is 68.9 cm³/mol. The number of hydrogen-bond acceptors (Lipinski definition) is 2. The van der Waals surface area contributed by atoms with Crippen LogP contribution in [0.1, 0.15) is 56.2 Å². The van der Waals surface area contributed by atoms with Crippen molar-refractivity contribution in [3.63, 3.8) is 0 Å². The van der Waals surface area contributed by atoms with Crippen LogP contribution in [0.2, 0.25) is 0 Å². The van der Waals surface area contributed by atoms with Gasteiger partial charge in [-0.3, -0.25) is 4.79 Å². The van der Waals surface area contributed by atoms with E-state index < -0.39 is 12.0 Å². The Morgan fingerprint density at radius 3 is 2.44 bits per heavy atom. The zero-order valence-electron chi connectivity index (χ0n) is 10.8. The number of benzene rings is 1. The van der Waals surface area contributed by atoms with Gasteiger partial charge in [-0.1, -0.05) is 26.0 Å². The highest BCUT2D eigenvalue weighted by molar-refractivity contribution is 5.67. The summed E-state index contributed by atoms with van der Waals surface area (Å²) in [5.74, 6) is -1.07. The van der Waals surface area contributed by atoms with E-state index in [1.165, 1.54) is 6.07 Å². The quantitative estimate of drug-likeness (QED) is 0.818. The van der Waals surface area contributed by atoms with E-state index in [4.69, 9.17) is 10.8 Å². The summed E-state index contributed by atoms with van der Waals surface area (Å²) in [5.41, 5.74) is 6.93. The first-order valence-electron chi connectivity index (χ1n) is 6.26. The molecule has 3 nitrogen and oxygen atoms in total. The lowest BCUT2D eigenvalue weighted by atomic mass is 9.91. The number of carboxylic acids is 1. The van der Waals surface area contributed by atoms with Crippen LogP contribution in [0.15, 0.2) is 18.2 Å². The first-order chi connectivity index (χ1) is 8.49. The van der Waals surface area contributed by atoms with Crippen LogP contribution in [0.3, 0.4) is 0 Å². The first kappa shape index (κ1) is 14.6. The van der Waals surface area contributed by atoms with Gasteiger partial charge in [0.05, 0.1) is 6.42 Å². The second-order valence-electron chi connectivity index (χ2n) is 4.50. The van der Waals surface area contributed by atoms with Gasteiger partial charge in [0.25, 0.3) is 0 Å². The second kappa shape index (κ2) is 6.50. The Balaban J connectivity index is 2.94. The molecular formula is C14H20FNO2. The third kappa shape index (κ3) is 3.53. The van der Waals surface area contributed by atoms with E-state index in [9.17, 15) is 9.18 Å². The Labute approximate surface area is 107 Å². The molecule has 0 aliphatic heterocycles. The largest absolute Gasteiger partial charge is 0.481 e. The molecule has 0 fully saturated rings. The highest BCUT2D eigenvalue weighted by Crippen LogP contribution is 2.27. The minimum Gasteiger partial charge on any atom is -0.481 e. The molecule has 0 saturated carbocycles. The van der Waals surface area contributed by atoms with Gasteiger partial charge in [0.1, 0.15) is 5.82 Å². The molecule has 0 amide bonds. The van der Waals surface area contributed by atoms with Gasteiger partial charge in [-0.05, 0) is 36.0 Å². The molecule has 100 valence electrons. The van der Waals surface area contributed by atoms with Crippen molar-refractivity contribution in [2.75, 3.05) is 0 Å². The molecule has 0 aromatic heterocycles. The van der Waals surface area contributed by atoms with Crippen molar-refractivity contribution < 1.29 is 14.3 Å². The van der Waals surface area contributed by atoms with Gasteiger partial charge in [0.2, 0.25) is 0 Å². The van der Waals surface area contributed by atoms with Crippen LogP contribution in [0.5, 0.6) is 0 Å². The fourth-order valence-corrected chi connectivity index (χ4v) is 2.14. The predicted octanol–water partition coefficient (Wildman–Crippen LogP) is 3.20. The van der Waals surface area contributed by atoms with E-state index in [0.717, 1.165) is 12.8 Å². The number of nitrogens with two attached hydrogens (primary N) is 1. The molecule has 0 aliphatic rings. The molecule has 0 bridgehead atoms. The summed E-state index contributed by atoms with van der Waals surface area (Å²) < 4.78 is 14.0. The number of carboxylic acid groups (broad SMARTS) is 1. The average Bonchev–Trinajstić information content (AvgIpc) is 2.31. The Morgan fingerprint density at radius 2 is 2.00 bits per heavy atom. The molecule has 18 heavy (non-hydrogen) atoms. The molecule has 4 heteroatoms. The summed E-state index contributed by atoms with van der Waals surface area (Å²) in [4.78, 5) is 10.6. The van der Waals surface area contributed by atoms with Crippen LogP contribution in [0.4, 0.5) is 4.39 Å². The summed E-state index contributed by atoms with van der Waals surface area (Å²) in [7, 11) is 0. The van der Waals surface area contributed by atoms with Crippen LogP contribution in [0.25, 0.3) is 0 Å². The van der Waals surface area contributed by atoms with Crippen LogP contribution in [-0.2, 0) is 4.79 Å². The summed E-state index contributed by atoms with van der Waals surface area (Å²) in [6, 6.07) is 4.16. The molecule has 1 atom stereocenters. The third-order valence-corrected chi connectivity index (χ3v) is 3.27. The van der Waals surface area contributed by atoms with Gasteiger partial charge in [-0.25, -0.2) is 4.39 Å². The van der Waals surface area contributed by atoms with Crippen molar-refractivity contribution in [1.82, 2.24) is 0 Å². The first-order valence-corrected chi connectivity index (χ1v) is 6.26. The zero-order chi connectivity index (χ0) is 13.7. The van der Waals surface area contributed by atoms with Crippen molar-refractivity contribution in [3.8, 4) is 0 Å². The monoisotopic (exact) mass is 253 g/mol. The van der Waals surface area contributed by atoms with Crippen LogP contribution in [-0.4, -0.2) is 11.1 Å². The Bertz CT molecular complexity index is 416. The van der Waals surface area contributed by atoms with Gasteiger partial charge in [-0.15, -0.1) is 0 Å². The average molecular weight is 253 g/mol. The van der Waals surface area contributed by atoms with Crippen molar-refractivity contribution in [2.45, 2.75) is 45.1 Å². The summed E-state index contributed by atoms with van der Waals surface area (Å²) >= 11 is 0. The smallest absolute Gasteiger partial charge is 0.305 e. The molecule has 0 radical (unpaired) electrons. The van der Waals surface area contributed by atoms with Crippen molar-refractivity contribution in [2.24, 2.45) is 5.73 Å². The Kier molecular flexibility index (Phi) is 5.28. The van der Waals surface area contributed by atoms with Gasteiger partial charge in [-0.2, -0.15) is 0 Å². The minimum atomic E-state index is -0.980. The van der Waals surface area contributed by atoms with E-state index in [1.807, 2.05) is 13.8 Å².